The maximum atomic E-state index is 13.6. The minimum Gasteiger partial charge on any atom is -0.495 e. The Morgan fingerprint density at radius 3 is 2.23 bits per heavy atom. The van der Waals surface area contributed by atoms with Gasteiger partial charge < -0.3 is 14.8 Å². The van der Waals surface area contributed by atoms with Crippen LogP contribution in [0, 0.1) is 16.7 Å². The summed E-state index contributed by atoms with van der Waals surface area (Å²) in [6.45, 7) is 11.3. The van der Waals surface area contributed by atoms with Gasteiger partial charge in [-0.3, -0.25) is 14.2 Å². The second-order valence-corrected chi connectivity index (χ2v) is 12.1. The molecule has 0 saturated carbocycles. The summed E-state index contributed by atoms with van der Waals surface area (Å²) in [5.41, 5.74) is 0.626. The molecule has 8 nitrogen and oxygen atoms in total. The predicted molar refractivity (Wildman–Crippen MR) is 156 cm³/mol. The van der Waals surface area contributed by atoms with Gasteiger partial charge in [-0.25, -0.2) is 4.79 Å². The molecular formula is C31H34ClN3O5. The van der Waals surface area contributed by atoms with E-state index < -0.39 is 29.1 Å². The highest BCUT2D eigenvalue weighted by atomic mass is 35.5. The molecule has 40 heavy (non-hydrogen) atoms. The second kappa shape index (κ2) is 12.0. The van der Waals surface area contributed by atoms with Crippen molar-refractivity contribution in [2.75, 3.05) is 12.4 Å². The molecule has 1 amide bonds. The average molecular weight is 564 g/mol. The number of methoxy groups -OCH3 is 1. The van der Waals surface area contributed by atoms with Crippen molar-refractivity contribution in [3.8, 4) is 22.9 Å². The number of esters is 1. The zero-order chi connectivity index (χ0) is 29.8. The fourth-order valence-corrected chi connectivity index (χ4v) is 4.30. The Morgan fingerprint density at radius 2 is 1.68 bits per heavy atom. The van der Waals surface area contributed by atoms with Gasteiger partial charge in [0.05, 0.1) is 30.5 Å². The van der Waals surface area contributed by atoms with Crippen LogP contribution in [-0.4, -0.2) is 29.2 Å². The summed E-state index contributed by atoms with van der Waals surface area (Å²) < 4.78 is 12.3. The largest absolute Gasteiger partial charge is 0.495 e. The third-order valence-corrected chi connectivity index (χ3v) is 6.12. The topological polar surface area (TPSA) is 110 Å². The molecule has 0 aliphatic heterocycles. The van der Waals surface area contributed by atoms with Crippen LogP contribution in [0.25, 0.3) is 11.1 Å². The molecule has 0 aliphatic carbocycles. The molecule has 3 rings (SSSR count). The van der Waals surface area contributed by atoms with Gasteiger partial charge in [-0.2, -0.15) is 5.26 Å². The van der Waals surface area contributed by atoms with E-state index in [0.29, 0.717) is 45.1 Å². The summed E-state index contributed by atoms with van der Waals surface area (Å²) in [6, 6.07) is 13.7. The molecule has 210 valence electrons. The Labute approximate surface area is 239 Å². The van der Waals surface area contributed by atoms with Crippen molar-refractivity contribution >= 4 is 29.2 Å². The summed E-state index contributed by atoms with van der Waals surface area (Å²) >= 11 is 6.17. The average Bonchev–Trinajstić information content (AvgIpc) is 2.86. The van der Waals surface area contributed by atoms with Gasteiger partial charge in [-0.05, 0) is 75.1 Å². The molecule has 9 heteroatoms. The number of nitrogens with zero attached hydrogens (tertiary/aromatic N) is 2. The summed E-state index contributed by atoms with van der Waals surface area (Å²) in [4.78, 5) is 39.4. The Kier molecular flexibility index (Phi) is 9.11. The van der Waals surface area contributed by atoms with Crippen LogP contribution in [0.4, 0.5) is 5.69 Å². The van der Waals surface area contributed by atoms with Crippen molar-refractivity contribution in [2.45, 2.75) is 59.6 Å². The summed E-state index contributed by atoms with van der Waals surface area (Å²) in [6.07, 6.45) is 1.83. The van der Waals surface area contributed by atoms with Crippen molar-refractivity contribution in [3.05, 3.63) is 81.2 Å². The maximum Gasteiger partial charge on any atom is 0.338 e. The van der Waals surface area contributed by atoms with Crippen LogP contribution in [0.1, 0.15) is 69.9 Å². The zero-order valence-corrected chi connectivity index (χ0v) is 24.6. The Balaban J connectivity index is 1.99. The number of carbonyl (C=O) groups excluding carboxylic acids is 2. The number of halogens is 1. The number of benzene rings is 2. The van der Waals surface area contributed by atoms with Gasteiger partial charge >= 0.3 is 5.97 Å². The molecular weight excluding hydrogens is 530 g/mol. The van der Waals surface area contributed by atoms with Gasteiger partial charge in [0.15, 0.2) is 0 Å². The van der Waals surface area contributed by atoms with Crippen LogP contribution < -0.4 is 15.6 Å². The highest BCUT2D eigenvalue weighted by molar-refractivity contribution is 6.31. The maximum absolute atomic E-state index is 13.6. The van der Waals surface area contributed by atoms with Crippen molar-refractivity contribution in [2.24, 2.45) is 5.41 Å². The van der Waals surface area contributed by atoms with E-state index >= 15 is 0 Å². The lowest BCUT2D eigenvalue weighted by Gasteiger charge is -2.27. The second-order valence-electron chi connectivity index (χ2n) is 11.7. The molecule has 1 aromatic heterocycles. The fraction of sp³-hybridized carbons (Fsp3) is 0.355. The molecule has 0 aliphatic rings. The monoisotopic (exact) mass is 563 g/mol. The van der Waals surface area contributed by atoms with E-state index in [9.17, 15) is 19.6 Å². The van der Waals surface area contributed by atoms with Gasteiger partial charge in [0.2, 0.25) is 5.91 Å². The molecule has 0 fully saturated rings. The number of nitriles is 1. The number of carbonyl (C=O) groups is 2. The van der Waals surface area contributed by atoms with Gasteiger partial charge in [0.25, 0.3) is 5.56 Å². The molecule has 0 saturated heterocycles. The molecule has 2 aromatic carbocycles. The lowest BCUT2D eigenvalue weighted by Crippen LogP contribution is -2.35. The number of hydrogen-bond donors (Lipinski definition) is 1. The van der Waals surface area contributed by atoms with E-state index in [-0.39, 0.29) is 5.41 Å². The molecule has 0 radical (unpaired) electrons. The Hall–Kier alpha value is -4.09. The summed E-state index contributed by atoms with van der Waals surface area (Å²) in [5, 5.41) is 12.9. The first-order valence-electron chi connectivity index (χ1n) is 12.8. The van der Waals surface area contributed by atoms with Crippen LogP contribution >= 0.6 is 11.6 Å². The molecule has 0 spiro atoms. The van der Waals surface area contributed by atoms with Crippen LogP contribution in [0.5, 0.6) is 5.75 Å². The lowest BCUT2D eigenvalue weighted by atomic mass is 9.87. The van der Waals surface area contributed by atoms with Crippen molar-refractivity contribution < 1.29 is 19.1 Å². The van der Waals surface area contributed by atoms with Crippen molar-refractivity contribution in [3.63, 3.8) is 0 Å². The SMILES string of the molecule is COc1cn(C(CC(C)(C)C)C(=O)Nc2ccc(C(=O)OC(C)(C)C)cc2)c(=O)cc1-c1cc(Cl)ccc1C#N. The van der Waals surface area contributed by atoms with E-state index in [2.05, 4.69) is 11.4 Å². The first-order valence-corrected chi connectivity index (χ1v) is 13.1. The Morgan fingerprint density at radius 1 is 1.02 bits per heavy atom. The van der Waals surface area contributed by atoms with Gasteiger partial charge in [0, 0.05) is 27.9 Å². The number of ether oxygens (including phenoxy) is 2. The van der Waals surface area contributed by atoms with E-state index in [1.165, 1.54) is 23.9 Å². The fourth-order valence-electron chi connectivity index (χ4n) is 4.13. The van der Waals surface area contributed by atoms with Crippen LogP contribution in [0.15, 0.2) is 59.5 Å². The van der Waals surface area contributed by atoms with Crippen LogP contribution in [0.2, 0.25) is 5.02 Å². The number of nitrogens with one attached hydrogen (secondary N) is 1. The van der Waals surface area contributed by atoms with Gasteiger partial charge in [-0.1, -0.05) is 32.4 Å². The smallest absolute Gasteiger partial charge is 0.338 e. The molecule has 1 atom stereocenters. The van der Waals surface area contributed by atoms with E-state index in [0.717, 1.165) is 0 Å². The number of hydrogen-bond acceptors (Lipinski definition) is 6. The number of anilines is 1. The van der Waals surface area contributed by atoms with Crippen molar-refractivity contribution in [1.29, 1.82) is 5.26 Å². The van der Waals surface area contributed by atoms with Gasteiger partial charge in [0.1, 0.15) is 17.4 Å². The number of rotatable bonds is 7. The first-order chi connectivity index (χ1) is 18.6. The number of amides is 1. The number of aromatic nitrogens is 1. The molecule has 1 unspecified atom stereocenters. The number of pyridine rings is 1. The quantitative estimate of drug-likeness (QED) is 0.323. The third kappa shape index (κ3) is 7.73. The van der Waals surface area contributed by atoms with E-state index in [4.69, 9.17) is 21.1 Å². The highest BCUT2D eigenvalue weighted by Gasteiger charge is 2.29. The minimum atomic E-state index is -0.879. The van der Waals surface area contributed by atoms with Gasteiger partial charge in [-0.15, -0.1) is 0 Å². The normalized spacial score (nSPS) is 12.3. The molecule has 0 bridgehead atoms. The van der Waals surface area contributed by atoms with Crippen LogP contribution in [0.3, 0.4) is 0 Å². The zero-order valence-electron chi connectivity index (χ0n) is 23.8. The lowest BCUT2D eigenvalue weighted by molar-refractivity contribution is -0.120. The van der Waals surface area contributed by atoms with Crippen molar-refractivity contribution in [1.82, 2.24) is 4.57 Å². The molecule has 3 aromatic rings. The highest BCUT2D eigenvalue weighted by Crippen LogP contribution is 2.35. The third-order valence-electron chi connectivity index (χ3n) is 5.89. The molecule has 1 N–H and O–H groups in total. The summed E-state index contributed by atoms with van der Waals surface area (Å²) in [5.74, 6) is -0.557. The molecule has 1 heterocycles. The minimum absolute atomic E-state index is 0.311. The standard InChI is InChI=1S/C31H34ClN3O5/c1-30(2,3)16-25(28(37)34-22-12-9-19(10-13-22)29(38)40-31(4,5)6)35-18-26(39-7)24(15-27(35)36)23-14-21(32)11-8-20(23)17-33/h8-15,18,25H,16H2,1-7H3,(H,34,37). The first kappa shape index (κ1) is 30.5. The van der Waals surface area contributed by atoms with Crippen LogP contribution in [-0.2, 0) is 9.53 Å². The Bertz CT molecular complexity index is 1510. The van der Waals surface area contributed by atoms with E-state index in [1.807, 2.05) is 20.8 Å². The van der Waals surface area contributed by atoms with E-state index in [1.54, 1.807) is 63.2 Å². The predicted octanol–water partition coefficient (Wildman–Crippen LogP) is 6.62. The summed E-state index contributed by atoms with van der Waals surface area (Å²) in [7, 11) is 1.45.